The van der Waals surface area contributed by atoms with Crippen LogP contribution in [0.1, 0.15) is 54.4 Å². The number of hydrogen-bond donors (Lipinski definition) is 1. The predicted molar refractivity (Wildman–Crippen MR) is 193 cm³/mol. The van der Waals surface area contributed by atoms with Crippen molar-refractivity contribution in [1.82, 2.24) is 19.0 Å². The fourth-order valence-electron chi connectivity index (χ4n) is 5.74. The number of halogens is 4. The largest absolute Gasteiger partial charge is 0.495 e. The summed E-state index contributed by atoms with van der Waals surface area (Å²) in [5, 5.41) is 10.7. The second-order valence-corrected chi connectivity index (χ2v) is 14.4. The van der Waals surface area contributed by atoms with E-state index >= 15 is 4.39 Å². The Morgan fingerprint density at radius 1 is 1.10 bits per heavy atom. The average molecular weight is 758 g/mol. The Kier molecular flexibility index (Phi) is 11.8. The topological polar surface area (TPSA) is 93.5 Å². The minimum atomic E-state index is -1.18. The van der Waals surface area contributed by atoms with Crippen molar-refractivity contribution in [3.05, 3.63) is 124 Å². The molecule has 0 saturated heterocycles. The van der Waals surface area contributed by atoms with Crippen molar-refractivity contribution in [2.75, 3.05) is 13.7 Å². The van der Waals surface area contributed by atoms with Gasteiger partial charge in [-0.05, 0) is 61.0 Å². The molecule has 0 aliphatic carbocycles. The molecule has 0 aliphatic heterocycles. The van der Waals surface area contributed by atoms with E-state index in [0.717, 1.165) is 17.3 Å². The van der Waals surface area contributed by atoms with Gasteiger partial charge in [-0.2, -0.15) is 0 Å². The van der Waals surface area contributed by atoms with Gasteiger partial charge in [0.1, 0.15) is 35.8 Å². The van der Waals surface area contributed by atoms with Crippen LogP contribution < -0.4 is 9.30 Å². The number of amides is 1. The number of ether oxygens (including phenoxy) is 1. The Morgan fingerprint density at radius 3 is 2.45 bits per heavy atom. The van der Waals surface area contributed by atoms with Gasteiger partial charge >= 0.3 is 5.97 Å². The maximum atomic E-state index is 15.8. The van der Waals surface area contributed by atoms with E-state index in [2.05, 4.69) is 4.98 Å². The van der Waals surface area contributed by atoms with E-state index in [-0.39, 0.29) is 28.4 Å². The molecule has 1 N–H and O–H groups in total. The van der Waals surface area contributed by atoms with Crippen molar-refractivity contribution < 1.29 is 32.8 Å². The first-order chi connectivity index (χ1) is 24.2. The molecule has 3 aromatic carbocycles. The Morgan fingerprint density at radius 2 is 1.82 bits per heavy atom. The number of carboxylic acid groups (broad SMARTS) is 1. The van der Waals surface area contributed by atoms with Crippen molar-refractivity contribution >= 4 is 46.8 Å². The molecular formula is C37H38Cl2F2N5O4S+. The molecule has 2 heterocycles. The quantitative estimate of drug-likeness (QED) is 0.0922. The van der Waals surface area contributed by atoms with Crippen LogP contribution in [0.4, 0.5) is 8.78 Å². The molecule has 51 heavy (non-hydrogen) atoms. The first kappa shape index (κ1) is 37.9. The Balaban J connectivity index is 1.42. The first-order valence-electron chi connectivity index (χ1n) is 16.0. The molecule has 0 saturated carbocycles. The molecule has 1 amide bonds. The number of methoxy groups -OCH3 is 1. The van der Waals surface area contributed by atoms with E-state index in [0.29, 0.717) is 34.6 Å². The molecule has 9 nitrogen and oxygen atoms in total. The highest BCUT2D eigenvalue weighted by Gasteiger charge is 2.31. The zero-order chi connectivity index (χ0) is 37.0. The van der Waals surface area contributed by atoms with Gasteiger partial charge in [0.15, 0.2) is 5.16 Å². The van der Waals surface area contributed by atoms with Crippen LogP contribution >= 0.6 is 35.0 Å². The third-order valence-corrected chi connectivity index (χ3v) is 10.4. The fourth-order valence-corrected chi connectivity index (χ4v) is 7.32. The van der Waals surface area contributed by atoms with Crippen molar-refractivity contribution in [3.8, 4) is 11.4 Å². The van der Waals surface area contributed by atoms with Crippen LogP contribution in [0, 0.1) is 11.6 Å². The molecular weight excluding hydrogens is 719 g/mol. The molecule has 0 aliphatic rings. The Labute approximate surface area is 309 Å². The van der Waals surface area contributed by atoms with E-state index in [1.54, 1.807) is 31.5 Å². The van der Waals surface area contributed by atoms with Crippen molar-refractivity contribution in [2.24, 2.45) is 7.05 Å². The lowest BCUT2D eigenvalue weighted by molar-refractivity contribution is -0.671. The molecule has 0 radical (unpaired) electrons. The predicted octanol–water partition coefficient (Wildman–Crippen LogP) is 7.72. The van der Waals surface area contributed by atoms with E-state index in [1.807, 2.05) is 65.5 Å². The molecule has 2 aromatic heterocycles. The summed E-state index contributed by atoms with van der Waals surface area (Å²) in [7, 11) is 3.43. The van der Waals surface area contributed by atoms with Crippen LogP contribution in [0.3, 0.4) is 0 Å². The number of aliphatic carboxylic acids is 1. The van der Waals surface area contributed by atoms with Gasteiger partial charge in [0.05, 0.1) is 37.6 Å². The van der Waals surface area contributed by atoms with Gasteiger partial charge in [-0.3, -0.25) is 9.36 Å². The number of benzene rings is 3. The molecule has 5 aromatic rings. The molecule has 14 heteroatoms. The zero-order valence-corrected chi connectivity index (χ0v) is 31.1. The lowest BCUT2D eigenvalue weighted by atomic mass is 9.81. The molecule has 0 bridgehead atoms. The number of aryl methyl sites for hydroxylation is 2. The first-order valence-corrected chi connectivity index (χ1v) is 17.8. The number of nitrogens with zero attached hydrogens (tertiary/aromatic N) is 5. The van der Waals surface area contributed by atoms with Crippen LogP contribution in [-0.4, -0.2) is 55.7 Å². The lowest BCUT2D eigenvalue weighted by Crippen LogP contribution is -2.44. The van der Waals surface area contributed by atoms with Gasteiger partial charge in [-0.15, -0.1) is 0 Å². The highest BCUT2D eigenvalue weighted by atomic mass is 35.5. The minimum Gasteiger partial charge on any atom is -0.495 e. The Hall–Kier alpha value is -4.39. The van der Waals surface area contributed by atoms with E-state index < -0.39 is 35.0 Å². The van der Waals surface area contributed by atoms with Gasteiger partial charge in [0.2, 0.25) is 6.33 Å². The van der Waals surface area contributed by atoms with E-state index in [4.69, 9.17) is 27.9 Å². The third kappa shape index (κ3) is 8.40. The molecule has 5 rings (SSSR count). The second-order valence-electron chi connectivity index (χ2n) is 12.6. The average Bonchev–Trinajstić information content (AvgIpc) is 3.72. The minimum absolute atomic E-state index is 0.0160. The molecule has 268 valence electrons. The van der Waals surface area contributed by atoms with Crippen LogP contribution in [-0.2, 0) is 29.6 Å². The summed E-state index contributed by atoms with van der Waals surface area (Å²) in [6.45, 7) is 6.15. The van der Waals surface area contributed by atoms with Crippen molar-refractivity contribution in [2.45, 2.75) is 56.1 Å². The van der Waals surface area contributed by atoms with Crippen LogP contribution in [0.25, 0.3) is 5.69 Å². The fraction of sp³-hybridized carbons (Fsp3) is 0.297. The number of imidazole rings is 2. The van der Waals surface area contributed by atoms with E-state index in [9.17, 15) is 19.1 Å². The van der Waals surface area contributed by atoms with Gasteiger partial charge < -0.3 is 14.7 Å². The maximum absolute atomic E-state index is 15.8. The molecule has 0 fully saturated rings. The van der Waals surface area contributed by atoms with Gasteiger partial charge in [-0.25, -0.2) is 27.7 Å². The third-order valence-electron chi connectivity index (χ3n) is 8.79. The van der Waals surface area contributed by atoms with Crippen LogP contribution in [0.5, 0.6) is 5.75 Å². The summed E-state index contributed by atoms with van der Waals surface area (Å²) in [6, 6.07) is 12.8. The molecule has 1 atom stereocenters. The zero-order valence-electron chi connectivity index (χ0n) is 28.7. The number of carboxylic acids is 1. The number of hydrogen-bond acceptors (Lipinski definition) is 5. The maximum Gasteiger partial charge on any atom is 0.326 e. The van der Waals surface area contributed by atoms with Gasteiger partial charge in [-0.1, -0.05) is 54.9 Å². The lowest BCUT2D eigenvalue weighted by Gasteiger charge is -2.28. The second kappa shape index (κ2) is 15.9. The number of thioether (sulfide) groups is 1. The summed E-state index contributed by atoms with van der Waals surface area (Å²) >= 11 is 14.1. The highest BCUT2D eigenvalue weighted by molar-refractivity contribution is 7.98. The standard InChI is InChI=1S/C37H37Cl2F2N5O4S/c1-23(35(48)49)45(14-6-13-44-16-15-43(4)22-44)34(47)24-17-30(39)28(31(41)18-24)21-51-36-42-20-33(46(36)27-10-8-26(40)9-11-27)37(2,3)25-7-12-29(38)32(19-25)50-5/h7-12,15-20,22-23H,6,13-14,21H2,1-5H3/p+1. The summed E-state index contributed by atoms with van der Waals surface area (Å²) in [4.78, 5) is 31.4. The summed E-state index contributed by atoms with van der Waals surface area (Å²) < 4.78 is 40.9. The highest BCUT2D eigenvalue weighted by Crippen LogP contribution is 2.40. The Bertz CT molecular complexity index is 2030. The van der Waals surface area contributed by atoms with Gasteiger partial charge in [0, 0.05) is 46.0 Å². The smallest absolute Gasteiger partial charge is 0.326 e. The number of carbonyl (C=O) groups is 2. The monoisotopic (exact) mass is 756 g/mol. The van der Waals surface area contributed by atoms with E-state index in [1.165, 1.54) is 41.8 Å². The summed E-state index contributed by atoms with van der Waals surface area (Å²) in [5.74, 6) is -2.36. The van der Waals surface area contributed by atoms with Crippen molar-refractivity contribution in [3.63, 3.8) is 0 Å². The summed E-state index contributed by atoms with van der Waals surface area (Å²) in [5.41, 5.74) is 1.76. The number of rotatable bonds is 14. The van der Waals surface area contributed by atoms with Gasteiger partial charge in [0.25, 0.3) is 5.91 Å². The van der Waals surface area contributed by atoms with Crippen LogP contribution in [0.15, 0.2) is 84.7 Å². The summed E-state index contributed by atoms with van der Waals surface area (Å²) in [6.07, 6.45) is 7.84. The molecule has 0 spiro atoms. The van der Waals surface area contributed by atoms with Crippen molar-refractivity contribution in [1.29, 1.82) is 0 Å². The number of carbonyl (C=O) groups excluding carboxylic acids is 1. The van der Waals surface area contributed by atoms with Crippen LogP contribution in [0.2, 0.25) is 10.0 Å². The SMILES string of the molecule is COc1cc(C(C)(C)c2cnc(SCc3c(F)cc(C(=O)N(CCCn4cc[n+](C)c4)C(C)C(=O)O)cc3Cl)n2-c2ccc(F)cc2)ccc1Cl. The molecule has 1 unspecified atom stereocenters. The normalized spacial score (nSPS) is 12.2. The number of aromatic nitrogens is 4.